The number of carbonyl (C=O) groups excluding carboxylic acids is 1. The van der Waals surface area contributed by atoms with E-state index >= 15 is 0 Å². The van der Waals surface area contributed by atoms with Crippen LogP contribution < -0.4 is 0 Å². The Labute approximate surface area is 114 Å². The largest absolute Gasteiger partial charge is 0.461 e. The summed E-state index contributed by atoms with van der Waals surface area (Å²) >= 11 is 0. The van der Waals surface area contributed by atoms with Gasteiger partial charge in [-0.2, -0.15) is 0 Å². The van der Waals surface area contributed by atoms with Gasteiger partial charge in [-0.3, -0.25) is 4.79 Å². The lowest BCUT2D eigenvalue weighted by Gasteiger charge is -2.31. The average Bonchev–Trinajstić information content (AvgIpc) is 2.36. The first kappa shape index (κ1) is 14.1. The van der Waals surface area contributed by atoms with Gasteiger partial charge in [-0.05, 0) is 38.2 Å². The molecular weight excluding hydrogens is 240 g/mol. The van der Waals surface area contributed by atoms with Gasteiger partial charge in [0.1, 0.15) is 6.61 Å². The first-order valence-corrected chi connectivity index (χ1v) is 6.98. The Bertz CT molecular complexity index is 392. The van der Waals surface area contributed by atoms with Crippen LogP contribution in [0.3, 0.4) is 0 Å². The zero-order valence-electron chi connectivity index (χ0n) is 11.7. The van der Waals surface area contributed by atoms with Gasteiger partial charge in [0.05, 0.1) is 12.2 Å². The summed E-state index contributed by atoms with van der Waals surface area (Å²) in [6.45, 7) is 4.50. The van der Waals surface area contributed by atoms with E-state index in [2.05, 4.69) is 13.8 Å². The van der Waals surface area contributed by atoms with E-state index in [9.17, 15) is 4.79 Å². The van der Waals surface area contributed by atoms with Gasteiger partial charge in [-0.1, -0.05) is 30.3 Å². The predicted molar refractivity (Wildman–Crippen MR) is 73.6 cm³/mol. The molecule has 0 saturated carbocycles. The molecule has 3 heteroatoms. The van der Waals surface area contributed by atoms with E-state index < -0.39 is 0 Å². The van der Waals surface area contributed by atoms with Crippen molar-refractivity contribution in [2.24, 2.45) is 5.92 Å². The zero-order chi connectivity index (χ0) is 13.7. The van der Waals surface area contributed by atoms with Crippen LogP contribution in [0.1, 0.15) is 38.7 Å². The third-order valence-corrected chi connectivity index (χ3v) is 3.49. The molecule has 0 spiro atoms. The highest BCUT2D eigenvalue weighted by atomic mass is 16.5. The molecule has 1 heterocycles. The van der Waals surface area contributed by atoms with Crippen molar-refractivity contribution in [1.29, 1.82) is 0 Å². The Morgan fingerprint density at radius 3 is 2.47 bits per heavy atom. The number of hydrogen-bond acceptors (Lipinski definition) is 3. The molecular formula is C16H22O3. The molecule has 1 aliphatic rings. The summed E-state index contributed by atoms with van der Waals surface area (Å²) in [4.78, 5) is 11.8. The van der Waals surface area contributed by atoms with Crippen LogP contribution in [0.5, 0.6) is 0 Å². The van der Waals surface area contributed by atoms with Crippen molar-refractivity contribution < 1.29 is 14.3 Å². The first-order chi connectivity index (χ1) is 9.13. The molecule has 1 aromatic rings. The smallest absolute Gasteiger partial charge is 0.306 e. The molecule has 2 rings (SSSR count). The molecule has 0 bridgehead atoms. The average molecular weight is 262 g/mol. The Morgan fingerprint density at radius 2 is 1.84 bits per heavy atom. The molecule has 0 radical (unpaired) electrons. The van der Waals surface area contributed by atoms with Crippen molar-refractivity contribution in [3.8, 4) is 0 Å². The number of esters is 1. The van der Waals surface area contributed by atoms with Gasteiger partial charge >= 0.3 is 5.97 Å². The molecule has 3 nitrogen and oxygen atoms in total. The van der Waals surface area contributed by atoms with Crippen LogP contribution in [0.15, 0.2) is 30.3 Å². The second kappa shape index (κ2) is 6.71. The van der Waals surface area contributed by atoms with E-state index in [1.807, 2.05) is 30.3 Å². The highest BCUT2D eigenvalue weighted by Gasteiger charge is 2.26. The van der Waals surface area contributed by atoms with E-state index in [0.29, 0.717) is 18.9 Å². The molecule has 1 aromatic carbocycles. The molecule has 1 saturated heterocycles. The number of ether oxygens (including phenoxy) is 2. The second-order valence-electron chi connectivity index (χ2n) is 5.45. The highest BCUT2D eigenvalue weighted by Crippen LogP contribution is 2.27. The molecule has 3 atom stereocenters. The van der Waals surface area contributed by atoms with E-state index in [1.165, 1.54) is 0 Å². The fourth-order valence-corrected chi connectivity index (χ4v) is 2.74. The molecule has 1 fully saturated rings. The van der Waals surface area contributed by atoms with Crippen molar-refractivity contribution >= 4 is 5.97 Å². The van der Waals surface area contributed by atoms with E-state index in [1.54, 1.807) is 0 Å². The van der Waals surface area contributed by atoms with Crippen LogP contribution in [-0.4, -0.2) is 18.2 Å². The minimum atomic E-state index is -0.102. The van der Waals surface area contributed by atoms with Crippen molar-refractivity contribution in [3.63, 3.8) is 0 Å². The minimum absolute atomic E-state index is 0.102. The molecule has 19 heavy (non-hydrogen) atoms. The normalized spacial score (nSPS) is 26.9. The van der Waals surface area contributed by atoms with E-state index in [4.69, 9.17) is 9.47 Å². The summed E-state index contributed by atoms with van der Waals surface area (Å²) < 4.78 is 11.0. The summed E-state index contributed by atoms with van der Waals surface area (Å²) in [6.07, 6.45) is 2.90. The van der Waals surface area contributed by atoms with Gasteiger partial charge in [0.2, 0.25) is 0 Å². The minimum Gasteiger partial charge on any atom is -0.461 e. The highest BCUT2D eigenvalue weighted by molar-refractivity contribution is 5.69. The number of carbonyl (C=O) groups is 1. The molecule has 1 aliphatic heterocycles. The molecule has 0 unspecified atom stereocenters. The van der Waals surface area contributed by atoms with Crippen LogP contribution >= 0.6 is 0 Å². The summed E-state index contributed by atoms with van der Waals surface area (Å²) in [7, 11) is 0. The number of benzene rings is 1. The van der Waals surface area contributed by atoms with Gasteiger partial charge < -0.3 is 9.47 Å². The summed E-state index contributed by atoms with van der Waals surface area (Å²) in [5, 5.41) is 0. The van der Waals surface area contributed by atoms with Crippen LogP contribution in [-0.2, 0) is 20.9 Å². The van der Waals surface area contributed by atoms with E-state index in [0.717, 1.165) is 18.4 Å². The quantitative estimate of drug-likeness (QED) is 0.781. The lowest BCUT2D eigenvalue weighted by Crippen LogP contribution is -2.30. The maximum absolute atomic E-state index is 11.8. The topological polar surface area (TPSA) is 35.5 Å². The molecule has 0 amide bonds. The van der Waals surface area contributed by atoms with Gasteiger partial charge in [0.25, 0.3) is 0 Å². The Hall–Kier alpha value is -1.35. The molecule has 0 aliphatic carbocycles. The fourth-order valence-electron chi connectivity index (χ4n) is 2.74. The first-order valence-electron chi connectivity index (χ1n) is 6.98. The van der Waals surface area contributed by atoms with Crippen molar-refractivity contribution in [1.82, 2.24) is 0 Å². The maximum Gasteiger partial charge on any atom is 0.306 e. The lowest BCUT2D eigenvalue weighted by molar-refractivity contribution is -0.148. The lowest BCUT2D eigenvalue weighted by atomic mass is 9.90. The van der Waals surface area contributed by atoms with Crippen molar-refractivity contribution in [2.45, 2.75) is 51.9 Å². The molecule has 0 aromatic heterocycles. The fraction of sp³-hybridized carbons (Fsp3) is 0.562. The van der Waals surface area contributed by atoms with E-state index in [-0.39, 0.29) is 18.2 Å². The predicted octanol–water partition coefficient (Wildman–Crippen LogP) is 3.32. The summed E-state index contributed by atoms with van der Waals surface area (Å²) in [5.41, 5.74) is 1.03. The summed E-state index contributed by atoms with van der Waals surface area (Å²) in [6, 6.07) is 9.78. The standard InChI is InChI=1S/C16H22O3/c1-12-8-15(9-13(2)19-12)10-16(17)18-11-14-6-4-3-5-7-14/h3-7,12-13,15H,8-11H2,1-2H3/t12-,13+,15+. The van der Waals surface area contributed by atoms with Gasteiger partial charge in [0.15, 0.2) is 0 Å². The van der Waals surface area contributed by atoms with Crippen LogP contribution in [0, 0.1) is 5.92 Å². The molecule has 104 valence electrons. The summed E-state index contributed by atoms with van der Waals surface area (Å²) in [5.74, 6) is 0.289. The van der Waals surface area contributed by atoms with Crippen molar-refractivity contribution in [2.75, 3.05) is 0 Å². The van der Waals surface area contributed by atoms with Crippen LogP contribution in [0.4, 0.5) is 0 Å². The maximum atomic E-state index is 11.8. The van der Waals surface area contributed by atoms with Crippen molar-refractivity contribution in [3.05, 3.63) is 35.9 Å². The van der Waals surface area contributed by atoms with Gasteiger partial charge in [-0.25, -0.2) is 0 Å². The Morgan fingerprint density at radius 1 is 1.21 bits per heavy atom. The third kappa shape index (κ3) is 4.67. The monoisotopic (exact) mass is 262 g/mol. The Balaban J connectivity index is 1.75. The number of hydrogen-bond donors (Lipinski definition) is 0. The van der Waals surface area contributed by atoms with Gasteiger partial charge in [0, 0.05) is 6.42 Å². The zero-order valence-corrected chi connectivity index (χ0v) is 11.7. The molecule has 0 N–H and O–H groups in total. The Kier molecular flexibility index (Phi) is 4.97. The van der Waals surface area contributed by atoms with Gasteiger partial charge in [-0.15, -0.1) is 0 Å². The second-order valence-corrected chi connectivity index (χ2v) is 5.45. The van der Waals surface area contributed by atoms with Crippen LogP contribution in [0.25, 0.3) is 0 Å². The van der Waals surface area contributed by atoms with Crippen LogP contribution in [0.2, 0.25) is 0 Å². The third-order valence-electron chi connectivity index (χ3n) is 3.49. The SMILES string of the molecule is C[C@@H]1C[C@H](CC(=O)OCc2ccccc2)C[C@H](C)O1. The number of rotatable bonds is 4.